The molecule has 1 aliphatic rings. The van der Waals surface area contributed by atoms with Gasteiger partial charge in [0.2, 0.25) is 0 Å². The molecule has 0 aromatic heterocycles. The Balaban J connectivity index is 1.90. The quantitative estimate of drug-likeness (QED) is 0.637. The van der Waals surface area contributed by atoms with Crippen LogP contribution in [0.1, 0.15) is 26.2 Å². The highest BCUT2D eigenvalue weighted by Crippen LogP contribution is 2.28. The van der Waals surface area contributed by atoms with Gasteiger partial charge in [-0.2, -0.15) is 0 Å². The molecule has 0 radical (unpaired) electrons. The minimum Gasteiger partial charge on any atom is -0.393 e. The lowest BCUT2D eigenvalue weighted by atomic mass is 9.82. The molecule has 0 aliphatic heterocycles. The van der Waals surface area contributed by atoms with E-state index in [9.17, 15) is 0 Å². The van der Waals surface area contributed by atoms with E-state index in [2.05, 4.69) is 0 Å². The van der Waals surface area contributed by atoms with Gasteiger partial charge in [-0.05, 0) is 38.6 Å². The lowest BCUT2D eigenvalue weighted by molar-refractivity contribution is -0.0371. The van der Waals surface area contributed by atoms with Crippen LogP contribution in [-0.2, 0) is 4.74 Å². The van der Waals surface area contributed by atoms with Crippen molar-refractivity contribution in [1.82, 2.24) is 0 Å². The van der Waals surface area contributed by atoms with Crippen molar-refractivity contribution >= 4 is 0 Å². The Hall–Kier alpha value is -0.120. The highest BCUT2D eigenvalue weighted by atomic mass is 16.5. The first-order valence-corrected chi connectivity index (χ1v) is 4.72. The topological polar surface area (TPSA) is 55.5 Å². The lowest BCUT2D eigenvalue weighted by Gasteiger charge is -2.34. The zero-order chi connectivity index (χ0) is 8.97. The summed E-state index contributed by atoms with van der Waals surface area (Å²) in [7, 11) is 0. The summed E-state index contributed by atoms with van der Waals surface area (Å²) in [5, 5.41) is 8.95. The van der Waals surface area contributed by atoms with Crippen LogP contribution < -0.4 is 5.73 Å². The molecule has 0 aromatic rings. The Morgan fingerprint density at radius 3 is 2.75 bits per heavy atom. The second kappa shape index (κ2) is 4.80. The van der Waals surface area contributed by atoms with E-state index < -0.39 is 0 Å². The van der Waals surface area contributed by atoms with Crippen LogP contribution in [0.2, 0.25) is 0 Å². The molecule has 0 bridgehead atoms. The van der Waals surface area contributed by atoms with Gasteiger partial charge in [0, 0.05) is 6.61 Å². The van der Waals surface area contributed by atoms with Gasteiger partial charge in [-0.1, -0.05) is 0 Å². The largest absolute Gasteiger partial charge is 0.393 e. The maximum Gasteiger partial charge on any atom is 0.0581 e. The van der Waals surface area contributed by atoms with E-state index in [1.807, 2.05) is 0 Å². The molecule has 0 heterocycles. The number of aliphatic hydroxyl groups excluding tert-OH is 1. The van der Waals surface area contributed by atoms with Gasteiger partial charge in [-0.15, -0.1) is 0 Å². The number of hydrogen-bond acceptors (Lipinski definition) is 3. The van der Waals surface area contributed by atoms with E-state index in [0.29, 0.717) is 18.6 Å². The molecule has 1 rings (SSSR count). The number of rotatable bonds is 5. The standard InChI is InChI=1S/C9H19NO2/c1-7(11)2-3-12-9-4-8(5-9)6-10/h7-9,11H,2-6,10H2,1H3. The fraction of sp³-hybridized carbons (Fsp3) is 1.00. The van der Waals surface area contributed by atoms with Crippen molar-refractivity contribution in [2.24, 2.45) is 11.7 Å². The average molecular weight is 173 g/mol. The van der Waals surface area contributed by atoms with Crippen LogP contribution in [0.5, 0.6) is 0 Å². The maximum atomic E-state index is 8.95. The first kappa shape index (κ1) is 9.96. The Morgan fingerprint density at radius 1 is 1.58 bits per heavy atom. The van der Waals surface area contributed by atoms with Crippen molar-refractivity contribution in [2.75, 3.05) is 13.2 Å². The normalized spacial score (nSPS) is 31.2. The number of nitrogens with two attached hydrogens (primary N) is 1. The predicted molar refractivity (Wildman–Crippen MR) is 47.8 cm³/mol. The van der Waals surface area contributed by atoms with E-state index in [-0.39, 0.29) is 6.10 Å². The zero-order valence-electron chi connectivity index (χ0n) is 7.70. The van der Waals surface area contributed by atoms with E-state index in [0.717, 1.165) is 25.8 Å². The van der Waals surface area contributed by atoms with Gasteiger partial charge in [0.1, 0.15) is 0 Å². The SMILES string of the molecule is CC(O)CCOC1CC(CN)C1. The van der Waals surface area contributed by atoms with E-state index in [4.69, 9.17) is 15.6 Å². The second-order valence-electron chi connectivity index (χ2n) is 3.70. The third kappa shape index (κ3) is 3.09. The number of hydrogen-bond donors (Lipinski definition) is 2. The summed E-state index contributed by atoms with van der Waals surface area (Å²) in [6.07, 6.45) is 3.13. The van der Waals surface area contributed by atoms with E-state index in [1.165, 1.54) is 0 Å². The van der Waals surface area contributed by atoms with Gasteiger partial charge in [-0.25, -0.2) is 0 Å². The highest BCUT2D eigenvalue weighted by Gasteiger charge is 2.28. The predicted octanol–water partition coefficient (Wildman–Crippen LogP) is 0.511. The van der Waals surface area contributed by atoms with Crippen LogP contribution in [0.4, 0.5) is 0 Å². The summed E-state index contributed by atoms with van der Waals surface area (Å²) in [6.45, 7) is 3.25. The first-order chi connectivity index (χ1) is 5.72. The minimum absolute atomic E-state index is 0.240. The fourth-order valence-corrected chi connectivity index (χ4v) is 1.41. The van der Waals surface area contributed by atoms with Crippen LogP contribution in [0.25, 0.3) is 0 Å². The molecule has 1 atom stereocenters. The van der Waals surface area contributed by atoms with Gasteiger partial charge < -0.3 is 15.6 Å². The molecule has 1 aliphatic carbocycles. The molecule has 0 spiro atoms. The Morgan fingerprint density at radius 2 is 2.25 bits per heavy atom. The number of ether oxygens (including phenoxy) is 1. The Bertz CT molecular complexity index is 122. The van der Waals surface area contributed by atoms with Crippen molar-refractivity contribution in [1.29, 1.82) is 0 Å². The first-order valence-electron chi connectivity index (χ1n) is 4.72. The molecule has 1 fully saturated rings. The summed E-state index contributed by atoms with van der Waals surface area (Å²) >= 11 is 0. The van der Waals surface area contributed by atoms with Gasteiger partial charge in [0.05, 0.1) is 12.2 Å². The van der Waals surface area contributed by atoms with Crippen LogP contribution in [0.15, 0.2) is 0 Å². The van der Waals surface area contributed by atoms with Gasteiger partial charge >= 0.3 is 0 Å². The van der Waals surface area contributed by atoms with Crippen LogP contribution in [0, 0.1) is 5.92 Å². The van der Waals surface area contributed by atoms with Gasteiger partial charge in [0.25, 0.3) is 0 Å². The van der Waals surface area contributed by atoms with Gasteiger partial charge in [0.15, 0.2) is 0 Å². The summed E-state index contributed by atoms with van der Waals surface area (Å²) in [4.78, 5) is 0. The molecule has 1 unspecified atom stereocenters. The molecule has 3 nitrogen and oxygen atoms in total. The molecular weight excluding hydrogens is 154 g/mol. The van der Waals surface area contributed by atoms with E-state index >= 15 is 0 Å². The monoisotopic (exact) mass is 173 g/mol. The van der Waals surface area contributed by atoms with Crippen LogP contribution in [-0.4, -0.2) is 30.5 Å². The van der Waals surface area contributed by atoms with Crippen LogP contribution >= 0.6 is 0 Å². The minimum atomic E-state index is -0.240. The average Bonchev–Trinajstić information content (AvgIpc) is 1.93. The van der Waals surface area contributed by atoms with Crippen molar-refractivity contribution in [3.63, 3.8) is 0 Å². The third-order valence-corrected chi connectivity index (χ3v) is 2.41. The highest BCUT2D eigenvalue weighted by molar-refractivity contribution is 4.80. The molecule has 0 aromatic carbocycles. The van der Waals surface area contributed by atoms with Crippen molar-refractivity contribution in [3.05, 3.63) is 0 Å². The lowest BCUT2D eigenvalue weighted by Crippen LogP contribution is -2.36. The Kier molecular flexibility index (Phi) is 3.98. The van der Waals surface area contributed by atoms with Crippen molar-refractivity contribution in [3.8, 4) is 0 Å². The molecule has 0 amide bonds. The molecule has 72 valence electrons. The molecule has 3 heteroatoms. The number of aliphatic hydroxyl groups is 1. The second-order valence-corrected chi connectivity index (χ2v) is 3.70. The maximum absolute atomic E-state index is 8.95. The summed E-state index contributed by atoms with van der Waals surface area (Å²) in [5.74, 6) is 0.682. The van der Waals surface area contributed by atoms with Crippen molar-refractivity contribution < 1.29 is 9.84 Å². The Labute approximate surface area is 73.9 Å². The molecule has 3 N–H and O–H groups in total. The molecule has 1 saturated carbocycles. The molecule has 12 heavy (non-hydrogen) atoms. The molecular formula is C9H19NO2. The third-order valence-electron chi connectivity index (χ3n) is 2.41. The molecule has 0 saturated heterocycles. The zero-order valence-corrected chi connectivity index (χ0v) is 7.70. The fourth-order valence-electron chi connectivity index (χ4n) is 1.41. The summed E-state index contributed by atoms with van der Waals surface area (Å²) in [6, 6.07) is 0. The summed E-state index contributed by atoms with van der Waals surface area (Å²) < 4.78 is 5.51. The van der Waals surface area contributed by atoms with Crippen molar-refractivity contribution in [2.45, 2.75) is 38.4 Å². The van der Waals surface area contributed by atoms with Gasteiger partial charge in [-0.3, -0.25) is 0 Å². The van der Waals surface area contributed by atoms with E-state index in [1.54, 1.807) is 6.92 Å². The van der Waals surface area contributed by atoms with Crippen LogP contribution in [0.3, 0.4) is 0 Å². The summed E-state index contributed by atoms with van der Waals surface area (Å²) in [5.41, 5.74) is 5.48. The smallest absolute Gasteiger partial charge is 0.0581 e.